The Balaban J connectivity index is 2.07. The molecule has 5 nitrogen and oxygen atoms in total. The van der Waals surface area contributed by atoms with Crippen LogP contribution in [-0.2, 0) is 22.9 Å². The van der Waals surface area contributed by atoms with Crippen molar-refractivity contribution in [3.63, 3.8) is 0 Å². The predicted octanol–water partition coefficient (Wildman–Crippen LogP) is 1.39. The lowest BCUT2D eigenvalue weighted by molar-refractivity contribution is -0.121. The van der Waals surface area contributed by atoms with Crippen molar-refractivity contribution in [1.29, 1.82) is 0 Å². The van der Waals surface area contributed by atoms with E-state index >= 15 is 0 Å². The normalized spacial score (nSPS) is 21.1. The van der Waals surface area contributed by atoms with Gasteiger partial charge in [-0.1, -0.05) is 0 Å². The van der Waals surface area contributed by atoms with E-state index in [1.165, 1.54) is 17.7 Å². The van der Waals surface area contributed by atoms with Gasteiger partial charge in [0.15, 0.2) is 6.29 Å². The van der Waals surface area contributed by atoms with Gasteiger partial charge < -0.3 is 14.8 Å². The van der Waals surface area contributed by atoms with E-state index in [-0.39, 0.29) is 12.3 Å². The van der Waals surface area contributed by atoms with Gasteiger partial charge >= 0.3 is 0 Å². The van der Waals surface area contributed by atoms with Crippen molar-refractivity contribution in [3.8, 4) is 0 Å². The first kappa shape index (κ1) is 13.5. The van der Waals surface area contributed by atoms with Crippen molar-refractivity contribution in [2.75, 3.05) is 14.2 Å². The molecule has 0 aliphatic heterocycles. The third kappa shape index (κ3) is 2.58. The smallest absolute Gasteiger partial charge is 0.171 e. The van der Waals surface area contributed by atoms with Gasteiger partial charge in [0.05, 0.1) is 12.2 Å². The molecule has 1 heterocycles. The fourth-order valence-corrected chi connectivity index (χ4v) is 2.78. The Labute approximate surface area is 108 Å². The molecule has 1 aromatic heterocycles. The van der Waals surface area contributed by atoms with Crippen molar-refractivity contribution in [2.45, 2.75) is 44.6 Å². The summed E-state index contributed by atoms with van der Waals surface area (Å²) in [4.78, 5) is 0. The molecule has 1 aliphatic rings. The highest BCUT2D eigenvalue weighted by molar-refractivity contribution is 5.24. The van der Waals surface area contributed by atoms with Crippen LogP contribution in [0.25, 0.3) is 0 Å². The van der Waals surface area contributed by atoms with Crippen LogP contribution >= 0.6 is 0 Å². The Bertz CT molecular complexity index is 388. The molecule has 0 aromatic carbocycles. The highest BCUT2D eigenvalue weighted by atomic mass is 16.7. The van der Waals surface area contributed by atoms with Crippen LogP contribution in [-0.4, -0.2) is 36.3 Å². The minimum absolute atomic E-state index is 0.149. The fraction of sp³-hybridized carbons (Fsp3) is 0.769. The lowest BCUT2D eigenvalue weighted by Crippen LogP contribution is -2.42. The number of methoxy groups -OCH3 is 2. The monoisotopic (exact) mass is 253 g/mol. The van der Waals surface area contributed by atoms with Gasteiger partial charge in [0, 0.05) is 38.6 Å². The van der Waals surface area contributed by atoms with Gasteiger partial charge in [-0.15, -0.1) is 0 Å². The molecule has 1 aromatic rings. The first-order valence-corrected chi connectivity index (χ1v) is 6.49. The SMILES string of the molecule is COC(OC)C(C)NC1CCCc2c1cnn2C. The number of fused-ring (bicyclic) bond motifs is 1. The Kier molecular flexibility index (Phi) is 4.37. The molecule has 0 saturated heterocycles. The minimum atomic E-state index is -0.216. The third-order valence-corrected chi connectivity index (χ3v) is 3.71. The first-order valence-electron chi connectivity index (χ1n) is 6.49. The Morgan fingerprint density at radius 3 is 2.83 bits per heavy atom. The summed E-state index contributed by atoms with van der Waals surface area (Å²) >= 11 is 0. The molecule has 0 fully saturated rings. The van der Waals surface area contributed by atoms with Gasteiger partial charge in [-0.3, -0.25) is 4.68 Å². The second-order valence-corrected chi connectivity index (χ2v) is 4.91. The summed E-state index contributed by atoms with van der Waals surface area (Å²) in [5.41, 5.74) is 2.67. The maximum absolute atomic E-state index is 5.29. The topological polar surface area (TPSA) is 48.3 Å². The van der Waals surface area contributed by atoms with Crippen molar-refractivity contribution >= 4 is 0 Å². The van der Waals surface area contributed by atoms with Gasteiger partial charge in [0.2, 0.25) is 0 Å². The van der Waals surface area contributed by atoms with Crippen LogP contribution in [0.5, 0.6) is 0 Å². The van der Waals surface area contributed by atoms with E-state index < -0.39 is 0 Å². The van der Waals surface area contributed by atoms with Crippen molar-refractivity contribution in [2.24, 2.45) is 7.05 Å². The number of aromatic nitrogens is 2. The summed E-state index contributed by atoms with van der Waals surface area (Å²) in [5.74, 6) is 0. The number of hydrogen-bond donors (Lipinski definition) is 1. The van der Waals surface area contributed by atoms with E-state index in [1.54, 1.807) is 14.2 Å². The Morgan fingerprint density at radius 1 is 1.44 bits per heavy atom. The second-order valence-electron chi connectivity index (χ2n) is 4.91. The zero-order valence-corrected chi connectivity index (χ0v) is 11.6. The van der Waals surface area contributed by atoms with Crippen LogP contribution in [0.4, 0.5) is 0 Å². The first-order chi connectivity index (χ1) is 8.67. The van der Waals surface area contributed by atoms with Gasteiger partial charge in [0.1, 0.15) is 0 Å². The molecule has 2 unspecified atom stereocenters. The zero-order valence-electron chi connectivity index (χ0n) is 11.6. The quantitative estimate of drug-likeness (QED) is 0.806. The summed E-state index contributed by atoms with van der Waals surface area (Å²) in [7, 11) is 5.35. The number of hydrogen-bond acceptors (Lipinski definition) is 4. The molecule has 18 heavy (non-hydrogen) atoms. The summed E-state index contributed by atoms with van der Waals surface area (Å²) in [6.45, 7) is 2.09. The van der Waals surface area contributed by atoms with Crippen LogP contribution in [0.2, 0.25) is 0 Å². The maximum atomic E-state index is 5.29. The molecule has 2 atom stereocenters. The van der Waals surface area contributed by atoms with Gasteiger partial charge in [0.25, 0.3) is 0 Å². The number of ether oxygens (including phenoxy) is 2. The number of nitrogens with zero attached hydrogens (tertiary/aromatic N) is 2. The lowest BCUT2D eigenvalue weighted by atomic mass is 9.92. The van der Waals surface area contributed by atoms with Crippen molar-refractivity contribution < 1.29 is 9.47 Å². The van der Waals surface area contributed by atoms with Gasteiger partial charge in [-0.25, -0.2) is 0 Å². The Hall–Kier alpha value is -0.910. The average Bonchev–Trinajstić information content (AvgIpc) is 2.74. The molecule has 0 saturated carbocycles. The van der Waals surface area contributed by atoms with E-state index in [0.29, 0.717) is 6.04 Å². The molecular formula is C13H23N3O2. The van der Waals surface area contributed by atoms with Crippen LogP contribution in [0.1, 0.15) is 37.1 Å². The standard InChI is InChI=1S/C13H23N3O2/c1-9(13(17-3)18-4)15-11-6-5-7-12-10(11)8-14-16(12)2/h8-9,11,13,15H,5-7H2,1-4H3. The van der Waals surface area contributed by atoms with Crippen LogP contribution < -0.4 is 5.32 Å². The van der Waals surface area contributed by atoms with E-state index in [2.05, 4.69) is 17.3 Å². The number of rotatable bonds is 5. The highest BCUT2D eigenvalue weighted by Gasteiger charge is 2.26. The molecular weight excluding hydrogens is 230 g/mol. The Morgan fingerprint density at radius 2 is 2.17 bits per heavy atom. The molecule has 5 heteroatoms. The lowest BCUT2D eigenvalue weighted by Gasteiger charge is -2.30. The molecule has 0 radical (unpaired) electrons. The van der Waals surface area contributed by atoms with Crippen molar-refractivity contribution in [1.82, 2.24) is 15.1 Å². The van der Waals surface area contributed by atoms with Crippen LogP contribution in [0.3, 0.4) is 0 Å². The summed E-state index contributed by atoms with van der Waals surface area (Å²) < 4.78 is 12.6. The summed E-state index contributed by atoms with van der Waals surface area (Å²) in [6.07, 6.45) is 5.22. The van der Waals surface area contributed by atoms with Gasteiger partial charge in [-0.2, -0.15) is 5.10 Å². The second kappa shape index (κ2) is 5.82. The molecule has 1 aliphatic carbocycles. The molecule has 0 amide bonds. The zero-order chi connectivity index (χ0) is 13.1. The maximum Gasteiger partial charge on any atom is 0.171 e. The molecule has 2 rings (SSSR count). The van der Waals surface area contributed by atoms with E-state index in [4.69, 9.17) is 9.47 Å². The predicted molar refractivity (Wildman–Crippen MR) is 69.3 cm³/mol. The molecule has 102 valence electrons. The fourth-order valence-electron chi connectivity index (χ4n) is 2.78. The van der Waals surface area contributed by atoms with E-state index in [0.717, 1.165) is 12.8 Å². The molecule has 1 N–H and O–H groups in total. The highest BCUT2D eigenvalue weighted by Crippen LogP contribution is 2.29. The summed E-state index contributed by atoms with van der Waals surface area (Å²) in [6, 6.07) is 0.501. The van der Waals surface area contributed by atoms with E-state index in [1.807, 2.05) is 17.9 Å². The third-order valence-electron chi connectivity index (χ3n) is 3.71. The van der Waals surface area contributed by atoms with Crippen LogP contribution in [0.15, 0.2) is 6.20 Å². The van der Waals surface area contributed by atoms with Crippen molar-refractivity contribution in [3.05, 3.63) is 17.5 Å². The number of aryl methyl sites for hydroxylation is 1. The van der Waals surface area contributed by atoms with Gasteiger partial charge in [-0.05, 0) is 26.2 Å². The number of nitrogens with one attached hydrogen (secondary N) is 1. The largest absolute Gasteiger partial charge is 0.354 e. The van der Waals surface area contributed by atoms with E-state index in [9.17, 15) is 0 Å². The minimum Gasteiger partial charge on any atom is -0.354 e. The summed E-state index contributed by atoms with van der Waals surface area (Å²) in [5, 5.41) is 7.94. The van der Waals surface area contributed by atoms with Crippen LogP contribution in [0, 0.1) is 0 Å². The average molecular weight is 253 g/mol. The molecule has 0 bridgehead atoms. The molecule has 0 spiro atoms.